The number of fused-ring (bicyclic) bond motifs is 1. The van der Waals surface area contributed by atoms with Gasteiger partial charge in [0.05, 0.1) is 29.1 Å². The number of carbonyl (C=O) groups excluding carboxylic acids is 3. The van der Waals surface area contributed by atoms with Crippen molar-refractivity contribution < 1.29 is 14.4 Å². The smallest absolute Gasteiger partial charge is 0.266 e. The van der Waals surface area contributed by atoms with Crippen LogP contribution in [0.2, 0.25) is 0 Å². The fourth-order valence-corrected chi connectivity index (χ4v) is 5.16. The van der Waals surface area contributed by atoms with E-state index in [0.29, 0.717) is 16.8 Å². The van der Waals surface area contributed by atoms with Crippen molar-refractivity contribution in [3.63, 3.8) is 0 Å². The molecule has 0 aliphatic carbocycles. The molecule has 1 aliphatic heterocycles. The van der Waals surface area contributed by atoms with Crippen LogP contribution in [0.1, 0.15) is 53.5 Å². The number of nitrogens with one attached hydrogen (secondary N) is 1. The topological polar surface area (TPSA) is 79.4 Å². The van der Waals surface area contributed by atoms with E-state index < -0.39 is 5.91 Å². The lowest BCUT2D eigenvalue weighted by molar-refractivity contribution is 0.0923. The molecular formula is C28H23N3O3S. The monoisotopic (exact) mass is 481 g/mol. The highest BCUT2D eigenvalue weighted by Gasteiger charge is 2.37. The molecule has 0 atom stereocenters. The number of hydrogen-bond acceptors (Lipinski definition) is 5. The van der Waals surface area contributed by atoms with Crippen LogP contribution in [-0.2, 0) is 6.54 Å². The zero-order chi connectivity index (χ0) is 24.7. The number of hydrogen-bond donors (Lipinski definition) is 1. The second-order valence-electron chi connectivity index (χ2n) is 8.64. The molecule has 1 aromatic heterocycles. The number of aryl methyl sites for hydroxylation is 3. The van der Waals surface area contributed by atoms with Gasteiger partial charge >= 0.3 is 0 Å². The van der Waals surface area contributed by atoms with Gasteiger partial charge in [-0.3, -0.25) is 14.4 Å². The number of nitrogens with zero attached hydrogens (tertiary/aromatic N) is 2. The molecule has 4 aromatic rings. The van der Waals surface area contributed by atoms with Crippen LogP contribution in [0.3, 0.4) is 0 Å². The highest BCUT2D eigenvalue weighted by atomic mass is 32.1. The van der Waals surface area contributed by atoms with Crippen molar-refractivity contribution in [2.75, 3.05) is 4.90 Å². The molecule has 3 amide bonds. The second kappa shape index (κ2) is 8.92. The van der Waals surface area contributed by atoms with Gasteiger partial charge in [0.1, 0.15) is 5.01 Å². The largest absolute Gasteiger partial charge is 0.346 e. The fraction of sp³-hybridized carbons (Fsp3) is 0.143. The van der Waals surface area contributed by atoms with Gasteiger partial charge in [-0.15, -0.1) is 11.3 Å². The first-order chi connectivity index (χ1) is 16.8. The second-order valence-corrected chi connectivity index (χ2v) is 9.50. The van der Waals surface area contributed by atoms with E-state index in [1.165, 1.54) is 22.3 Å². The minimum atomic E-state index is -0.422. The number of thiazole rings is 1. The lowest BCUT2D eigenvalue weighted by Crippen LogP contribution is -2.30. The summed E-state index contributed by atoms with van der Waals surface area (Å²) in [6.45, 7) is 6.13. The van der Waals surface area contributed by atoms with Crippen LogP contribution < -0.4 is 10.2 Å². The Balaban J connectivity index is 1.32. The third kappa shape index (κ3) is 4.15. The number of imide groups is 1. The van der Waals surface area contributed by atoms with Gasteiger partial charge in [0, 0.05) is 16.5 Å². The Morgan fingerprint density at radius 3 is 2.43 bits per heavy atom. The van der Waals surface area contributed by atoms with E-state index in [1.807, 2.05) is 62.5 Å². The normalized spacial score (nSPS) is 12.7. The third-order valence-corrected chi connectivity index (χ3v) is 7.02. The third-order valence-electron chi connectivity index (χ3n) is 6.10. The van der Waals surface area contributed by atoms with Crippen LogP contribution in [0.4, 0.5) is 5.69 Å². The first-order valence-corrected chi connectivity index (χ1v) is 12.1. The van der Waals surface area contributed by atoms with Crippen LogP contribution in [0.5, 0.6) is 0 Å². The molecule has 5 rings (SSSR count). The van der Waals surface area contributed by atoms with Crippen LogP contribution >= 0.6 is 11.3 Å². The Hall–Kier alpha value is -4.10. The van der Waals surface area contributed by atoms with E-state index in [2.05, 4.69) is 10.3 Å². The van der Waals surface area contributed by atoms with Crippen molar-refractivity contribution in [3.8, 4) is 10.6 Å². The number of benzene rings is 3. The number of amides is 3. The Morgan fingerprint density at radius 2 is 1.66 bits per heavy atom. The minimum Gasteiger partial charge on any atom is -0.346 e. The number of rotatable bonds is 5. The molecule has 0 bridgehead atoms. The number of carbonyl (C=O) groups is 3. The van der Waals surface area contributed by atoms with E-state index >= 15 is 0 Å². The summed E-state index contributed by atoms with van der Waals surface area (Å²) in [6, 6.07) is 18.2. The number of anilines is 1. The summed E-state index contributed by atoms with van der Waals surface area (Å²) in [6.07, 6.45) is 0. The summed E-state index contributed by atoms with van der Waals surface area (Å²) < 4.78 is 0. The molecule has 0 saturated heterocycles. The van der Waals surface area contributed by atoms with E-state index in [-0.39, 0.29) is 23.9 Å². The fourth-order valence-electron chi connectivity index (χ4n) is 4.25. The zero-order valence-electron chi connectivity index (χ0n) is 19.6. The van der Waals surface area contributed by atoms with Crippen molar-refractivity contribution in [3.05, 3.63) is 105 Å². The maximum Gasteiger partial charge on any atom is 0.266 e. The van der Waals surface area contributed by atoms with Gasteiger partial charge in [0.15, 0.2) is 0 Å². The molecule has 0 radical (unpaired) electrons. The molecule has 0 saturated carbocycles. The molecule has 3 aromatic carbocycles. The predicted octanol–water partition coefficient (Wildman–Crippen LogP) is 5.47. The van der Waals surface area contributed by atoms with Crippen LogP contribution in [0, 0.1) is 20.8 Å². The van der Waals surface area contributed by atoms with E-state index in [9.17, 15) is 14.4 Å². The standard InChI is InChI=1S/C28H23N3O3S/c1-16-8-11-24(18(3)12-16)31-27(33)22-10-9-19(13-23(22)28(31)34)25(32)29-14-20-15-35-26(30-20)21-7-5-4-6-17(21)2/h4-13,15H,14H2,1-3H3,(H,29,32). The maximum atomic E-state index is 13.1. The first kappa shape index (κ1) is 22.7. The summed E-state index contributed by atoms with van der Waals surface area (Å²) in [4.78, 5) is 44.8. The highest BCUT2D eigenvalue weighted by Crippen LogP contribution is 2.32. The average molecular weight is 482 g/mol. The molecule has 7 heteroatoms. The Morgan fingerprint density at radius 1 is 0.886 bits per heavy atom. The molecule has 0 fully saturated rings. The van der Waals surface area contributed by atoms with Gasteiger partial charge in [0.25, 0.3) is 17.7 Å². The number of aromatic nitrogens is 1. The Labute approximate surface area is 207 Å². The van der Waals surface area contributed by atoms with Gasteiger partial charge in [-0.1, -0.05) is 42.0 Å². The molecule has 1 N–H and O–H groups in total. The van der Waals surface area contributed by atoms with Crippen molar-refractivity contribution in [2.45, 2.75) is 27.3 Å². The van der Waals surface area contributed by atoms with Gasteiger partial charge in [-0.25, -0.2) is 9.88 Å². The van der Waals surface area contributed by atoms with Crippen molar-refractivity contribution in [2.24, 2.45) is 0 Å². The minimum absolute atomic E-state index is 0.234. The van der Waals surface area contributed by atoms with E-state index in [1.54, 1.807) is 18.2 Å². The van der Waals surface area contributed by atoms with Crippen LogP contribution in [0.15, 0.2) is 66.0 Å². The Kier molecular flexibility index (Phi) is 5.78. The highest BCUT2D eigenvalue weighted by molar-refractivity contribution is 7.13. The lowest BCUT2D eigenvalue weighted by atomic mass is 10.1. The van der Waals surface area contributed by atoms with Crippen molar-refractivity contribution in [1.82, 2.24) is 10.3 Å². The van der Waals surface area contributed by atoms with E-state index in [4.69, 9.17) is 0 Å². The predicted molar refractivity (Wildman–Crippen MR) is 137 cm³/mol. The molecule has 2 heterocycles. The molecule has 0 unspecified atom stereocenters. The van der Waals surface area contributed by atoms with Crippen molar-refractivity contribution >= 4 is 34.7 Å². The molecular weight excluding hydrogens is 458 g/mol. The molecule has 1 aliphatic rings. The molecule has 35 heavy (non-hydrogen) atoms. The first-order valence-electron chi connectivity index (χ1n) is 11.2. The maximum absolute atomic E-state index is 13.1. The summed E-state index contributed by atoms with van der Waals surface area (Å²) in [7, 11) is 0. The quantitative estimate of drug-likeness (QED) is 0.384. The zero-order valence-corrected chi connectivity index (χ0v) is 20.4. The Bertz CT molecular complexity index is 1510. The summed E-state index contributed by atoms with van der Waals surface area (Å²) >= 11 is 1.53. The lowest BCUT2D eigenvalue weighted by Gasteiger charge is -2.16. The van der Waals surface area contributed by atoms with Crippen LogP contribution in [-0.4, -0.2) is 22.7 Å². The van der Waals surface area contributed by atoms with Gasteiger partial charge in [-0.2, -0.15) is 0 Å². The van der Waals surface area contributed by atoms with Crippen molar-refractivity contribution in [1.29, 1.82) is 0 Å². The van der Waals surface area contributed by atoms with Gasteiger partial charge in [0.2, 0.25) is 0 Å². The molecule has 6 nitrogen and oxygen atoms in total. The summed E-state index contributed by atoms with van der Waals surface area (Å²) in [5, 5.41) is 5.69. The summed E-state index contributed by atoms with van der Waals surface area (Å²) in [5.41, 5.74) is 6.28. The average Bonchev–Trinajstić information content (AvgIpc) is 3.41. The van der Waals surface area contributed by atoms with E-state index in [0.717, 1.165) is 33.0 Å². The van der Waals surface area contributed by atoms with Crippen LogP contribution in [0.25, 0.3) is 10.6 Å². The molecule has 174 valence electrons. The van der Waals surface area contributed by atoms with Gasteiger partial charge < -0.3 is 5.32 Å². The molecule has 0 spiro atoms. The summed E-state index contributed by atoms with van der Waals surface area (Å²) in [5.74, 6) is -1.13. The van der Waals surface area contributed by atoms with Gasteiger partial charge in [-0.05, 0) is 56.2 Å². The SMILES string of the molecule is Cc1ccc(N2C(=O)c3ccc(C(=O)NCc4csc(-c5ccccc5C)n4)cc3C2=O)c(C)c1.